The first-order valence-electron chi connectivity index (χ1n) is 8.80. The first kappa shape index (κ1) is 19.8. The molecule has 3 aromatic rings. The lowest BCUT2D eigenvalue weighted by atomic mass is 10.1. The van der Waals surface area contributed by atoms with Gasteiger partial charge in [0, 0.05) is 5.56 Å². The van der Waals surface area contributed by atoms with Crippen LogP contribution in [0.1, 0.15) is 26.3 Å². The van der Waals surface area contributed by atoms with Crippen LogP contribution in [0, 0.1) is 6.92 Å². The van der Waals surface area contributed by atoms with Crippen LogP contribution in [0.3, 0.4) is 0 Å². The van der Waals surface area contributed by atoms with Gasteiger partial charge in [0.25, 0.3) is 5.91 Å². The Balaban J connectivity index is 1.58. The average molecular weight is 389 g/mol. The second kappa shape index (κ2) is 9.27. The number of ether oxygens (including phenoxy) is 1. The van der Waals surface area contributed by atoms with Crippen LogP contribution in [-0.2, 0) is 4.84 Å². The fraction of sp³-hybridized carbons (Fsp3) is 0.0909. The zero-order chi connectivity index (χ0) is 20.6. The molecule has 0 fully saturated rings. The third kappa shape index (κ3) is 5.26. The molecular formula is C22H19N3O4. The zero-order valence-corrected chi connectivity index (χ0v) is 16.0. The second-order valence-corrected chi connectivity index (χ2v) is 6.09. The van der Waals surface area contributed by atoms with Crippen LogP contribution >= 0.6 is 0 Å². The molecule has 0 radical (unpaired) electrons. The first-order chi connectivity index (χ1) is 14.1. The van der Waals surface area contributed by atoms with Gasteiger partial charge in [-0.2, -0.15) is 0 Å². The van der Waals surface area contributed by atoms with Crippen LogP contribution in [-0.4, -0.2) is 19.0 Å². The maximum Gasteiger partial charge on any atom is 0.363 e. The molecule has 0 aliphatic carbocycles. The second-order valence-electron chi connectivity index (χ2n) is 6.09. The molecule has 0 heterocycles. The molecule has 0 unspecified atom stereocenters. The van der Waals surface area contributed by atoms with Gasteiger partial charge in [-0.1, -0.05) is 24.3 Å². The van der Waals surface area contributed by atoms with Gasteiger partial charge < -0.3 is 9.57 Å². The fourth-order valence-electron chi connectivity index (χ4n) is 2.48. The Morgan fingerprint density at radius 1 is 0.931 bits per heavy atom. The fourth-order valence-corrected chi connectivity index (χ4v) is 2.48. The van der Waals surface area contributed by atoms with Gasteiger partial charge in [0.1, 0.15) is 5.75 Å². The van der Waals surface area contributed by atoms with E-state index in [0.29, 0.717) is 28.3 Å². The molecule has 0 saturated heterocycles. The van der Waals surface area contributed by atoms with Crippen molar-refractivity contribution in [1.29, 1.82) is 0 Å². The molecule has 3 rings (SSSR count). The minimum Gasteiger partial charge on any atom is -0.497 e. The van der Waals surface area contributed by atoms with Crippen LogP contribution in [0.25, 0.3) is 0 Å². The molecule has 0 bridgehead atoms. The van der Waals surface area contributed by atoms with Crippen LogP contribution < -0.4 is 10.2 Å². The summed E-state index contributed by atoms with van der Waals surface area (Å²) < 4.78 is 5.09. The highest BCUT2D eigenvalue weighted by molar-refractivity contribution is 5.95. The third-order valence-electron chi connectivity index (χ3n) is 4.07. The minimum atomic E-state index is -0.476. The topological polar surface area (TPSA) is 89.3 Å². The Morgan fingerprint density at radius 3 is 2.41 bits per heavy atom. The summed E-state index contributed by atoms with van der Waals surface area (Å²) in [5, 5.41) is 7.65. The largest absolute Gasteiger partial charge is 0.497 e. The number of carbonyl (C=O) groups excluding carboxylic acids is 2. The van der Waals surface area contributed by atoms with Gasteiger partial charge in [-0.15, -0.1) is 10.2 Å². The van der Waals surface area contributed by atoms with Crippen LogP contribution in [0.5, 0.6) is 5.75 Å². The molecule has 146 valence electrons. The SMILES string of the molecule is COc1cccc(C(=O)N=Nc2ccc(NOC(=O)c3ccccc3C)cc2)c1. The van der Waals surface area contributed by atoms with Gasteiger partial charge in [-0.3, -0.25) is 4.79 Å². The van der Waals surface area contributed by atoms with E-state index in [1.54, 1.807) is 60.7 Å². The van der Waals surface area contributed by atoms with E-state index in [2.05, 4.69) is 15.7 Å². The molecular weight excluding hydrogens is 370 g/mol. The molecule has 29 heavy (non-hydrogen) atoms. The number of nitrogens with one attached hydrogen (secondary N) is 1. The lowest BCUT2D eigenvalue weighted by Gasteiger charge is -2.08. The van der Waals surface area contributed by atoms with Crippen molar-refractivity contribution < 1.29 is 19.2 Å². The summed E-state index contributed by atoms with van der Waals surface area (Å²) in [6.45, 7) is 1.84. The number of nitrogens with zero attached hydrogens (tertiary/aromatic N) is 2. The number of methoxy groups -OCH3 is 1. The summed E-state index contributed by atoms with van der Waals surface area (Å²) in [4.78, 5) is 29.3. The van der Waals surface area contributed by atoms with E-state index < -0.39 is 11.9 Å². The Labute approximate surface area is 168 Å². The third-order valence-corrected chi connectivity index (χ3v) is 4.07. The highest BCUT2D eigenvalue weighted by Crippen LogP contribution is 2.19. The molecule has 0 spiro atoms. The summed E-state index contributed by atoms with van der Waals surface area (Å²) in [6, 6.07) is 20.5. The highest BCUT2D eigenvalue weighted by Gasteiger charge is 2.10. The van der Waals surface area contributed by atoms with E-state index in [4.69, 9.17) is 9.57 Å². The van der Waals surface area contributed by atoms with Crippen molar-refractivity contribution >= 4 is 23.3 Å². The van der Waals surface area contributed by atoms with Crippen molar-refractivity contribution in [2.75, 3.05) is 12.6 Å². The number of anilines is 1. The summed E-state index contributed by atoms with van der Waals surface area (Å²) in [7, 11) is 1.53. The van der Waals surface area contributed by atoms with Gasteiger partial charge in [-0.25, -0.2) is 10.3 Å². The molecule has 0 saturated carbocycles. The van der Waals surface area contributed by atoms with Gasteiger partial charge in [0.15, 0.2) is 0 Å². The van der Waals surface area contributed by atoms with Gasteiger partial charge in [0.2, 0.25) is 0 Å². The van der Waals surface area contributed by atoms with E-state index in [1.807, 2.05) is 19.1 Å². The summed E-state index contributed by atoms with van der Waals surface area (Å²) in [5.41, 5.74) is 5.34. The van der Waals surface area contributed by atoms with Crippen LogP contribution in [0.15, 0.2) is 83.0 Å². The highest BCUT2D eigenvalue weighted by atomic mass is 16.7. The van der Waals surface area contributed by atoms with Crippen molar-refractivity contribution in [3.63, 3.8) is 0 Å². The van der Waals surface area contributed by atoms with Crippen molar-refractivity contribution in [3.8, 4) is 5.75 Å². The lowest BCUT2D eigenvalue weighted by molar-refractivity contribution is 0.0595. The van der Waals surface area contributed by atoms with E-state index in [1.165, 1.54) is 7.11 Å². The molecule has 0 atom stereocenters. The normalized spacial score (nSPS) is 10.6. The predicted octanol–water partition coefficient (Wildman–Crippen LogP) is 5.11. The standard InChI is InChI=1S/C22H19N3O4/c1-15-6-3-4-9-20(15)22(27)29-25-18-12-10-17(11-13-18)23-24-21(26)16-7-5-8-19(14-16)28-2/h3-14,25H,1-2H3. The van der Waals surface area contributed by atoms with Gasteiger partial charge in [0.05, 0.1) is 24.0 Å². The van der Waals surface area contributed by atoms with Gasteiger partial charge in [-0.05, 0) is 61.0 Å². The van der Waals surface area contributed by atoms with E-state index >= 15 is 0 Å². The maximum atomic E-state index is 12.1. The van der Waals surface area contributed by atoms with E-state index in [-0.39, 0.29) is 0 Å². The number of aryl methyl sites for hydroxylation is 1. The molecule has 1 N–H and O–H groups in total. The molecule has 7 heteroatoms. The smallest absolute Gasteiger partial charge is 0.363 e. The summed E-state index contributed by atoms with van der Waals surface area (Å²) in [5.74, 6) is -0.379. The minimum absolute atomic E-state index is 0.384. The molecule has 7 nitrogen and oxygen atoms in total. The summed E-state index contributed by atoms with van der Waals surface area (Å²) >= 11 is 0. The zero-order valence-electron chi connectivity index (χ0n) is 16.0. The molecule has 0 aliphatic rings. The van der Waals surface area contributed by atoms with Crippen molar-refractivity contribution in [2.45, 2.75) is 6.92 Å². The van der Waals surface area contributed by atoms with Crippen molar-refractivity contribution in [2.24, 2.45) is 10.2 Å². The molecule has 0 aliphatic heterocycles. The monoisotopic (exact) mass is 389 g/mol. The number of hydrogen-bond donors (Lipinski definition) is 1. The van der Waals surface area contributed by atoms with E-state index in [0.717, 1.165) is 5.56 Å². The summed E-state index contributed by atoms with van der Waals surface area (Å²) in [6.07, 6.45) is 0. The number of amides is 1. The average Bonchev–Trinajstić information content (AvgIpc) is 2.77. The number of hydrogen-bond acceptors (Lipinski definition) is 6. The Hall–Kier alpha value is -4.00. The Morgan fingerprint density at radius 2 is 1.69 bits per heavy atom. The number of azo groups is 1. The quantitative estimate of drug-likeness (QED) is 0.467. The Kier molecular flexibility index (Phi) is 6.32. The van der Waals surface area contributed by atoms with E-state index in [9.17, 15) is 9.59 Å². The number of benzene rings is 3. The lowest BCUT2D eigenvalue weighted by Crippen LogP contribution is -2.11. The maximum absolute atomic E-state index is 12.1. The van der Waals surface area contributed by atoms with Crippen molar-refractivity contribution in [1.82, 2.24) is 0 Å². The molecule has 1 amide bonds. The molecule has 3 aromatic carbocycles. The molecule has 0 aromatic heterocycles. The Bertz CT molecular complexity index is 1050. The van der Waals surface area contributed by atoms with Crippen LogP contribution in [0.2, 0.25) is 0 Å². The predicted molar refractivity (Wildman–Crippen MR) is 108 cm³/mol. The first-order valence-corrected chi connectivity index (χ1v) is 8.80. The number of rotatable bonds is 6. The number of carbonyl (C=O) groups is 2. The van der Waals surface area contributed by atoms with Gasteiger partial charge >= 0.3 is 5.97 Å². The van der Waals surface area contributed by atoms with Crippen LogP contribution in [0.4, 0.5) is 11.4 Å². The van der Waals surface area contributed by atoms with Crippen molar-refractivity contribution in [3.05, 3.63) is 89.5 Å².